The Morgan fingerprint density at radius 3 is 2.71 bits per heavy atom. The number of aromatic nitrogens is 3. The predicted octanol–water partition coefficient (Wildman–Crippen LogP) is -3.85. The Morgan fingerprint density at radius 2 is 2.19 bits per heavy atom. The van der Waals surface area contributed by atoms with Crippen LogP contribution in [-0.4, -0.2) is 67.5 Å². The second-order valence-electron chi connectivity index (χ2n) is 4.42. The Bertz CT molecular complexity index is 577. The van der Waals surface area contributed by atoms with Gasteiger partial charge in [-0.25, -0.2) is 4.79 Å². The molecular weight excluding hydrogens is 286 g/mol. The zero-order valence-corrected chi connectivity index (χ0v) is 10.8. The lowest BCUT2D eigenvalue weighted by Crippen LogP contribution is -2.37. The Hall–Kier alpha value is -2.08. The minimum absolute atomic E-state index is 0.0294. The molecule has 1 aliphatic heterocycles. The van der Waals surface area contributed by atoms with Crippen molar-refractivity contribution in [2.75, 3.05) is 18.5 Å². The summed E-state index contributed by atoms with van der Waals surface area (Å²) in [5.74, 6) is -0.605. The predicted molar refractivity (Wildman–Crippen MR) is 67.0 cm³/mol. The second-order valence-corrected chi connectivity index (χ2v) is 4.42. The molecule has 2 rings (SSSR count). The molecule has 4 atom stereocenters. The number of carbonyl (C=O) groups excluding carboxylic acids is 1. The highest BCUT2D eigenvalue weighted by Gasteiger charge is 2.44. The van der Waals surface area contributed by atoms with Gasteiger partial charge in [0.25, 0.3) is 0 Å². The van der Waals surface area contributed by atoms with Crippen molar-refractivity contribution >= 4 is 11.7 Å². The summed E-state index contributed by atoms with van der Waals surface area (Å²) in [7, 11) is 0. The van der Waals surface area contributed by atoms with Gasteiger partial charge in [0.2, 0.25) is 5.91 Å². The van der Waals surface area contributed by atoms with Crippen molar-refractivity contribution in [1.29, 1.82) is 0 Å². The number of ether oxygens (including phenoxy) is 1. The van der Waals surface area contributed by atoms with Gasteiger partial charge in [0.1, 0.15) is 18.3 Å². The van der Waals surface area contributed by atoms with Crippen LogP contribution in [0.25, 0.3) is 0 Å². The van der Waals surface area contributed by atoms with E-state index in [0.717, 1.165) is 10.9 Å². The zero-order chi connectivity index (χ0) is 15.6. The molecule has 6 N–H and O–H groups in total. The minimum Gasteiger partial charge on any atom is -0.394 e. The van der Waals surface area contributed by atoms with Gasteiger partial charge in [0, 0.05) is 0 Å². The van der Waals surface area contributed by atoms with Gasteiger partial charge in [-0.1, -0.05) is 0 Å². The maximum Gasteiger partial charge on any atom is 0.368 e. The maximum absolute atomic E-state index is 11.8. The van der Waals surface area contributed by atoms with Crippen LogP contribution in [0.2, 0.25) is 0 Å². The van der Waals surface area contributed by atoms with Gasteiger partial charge in [0.15, 0.2) is 12.0 Å². The third-order valence-electron chi connectivity index (χ3n) is 2.92. The summed E-state index contributed by atoms with van der Waals surface area (Å²) in [6, 6.07) is 0. The Kier molecular flexibility index (Phi) is 4.47. The van der Waals surface area contributed by atoms with Crippen molar-refractivity contribution in [2.45, 2.75) is 24.5 Å². The van der Waals surface area contributed by atoms with Gasteiger partial charge in [-0.3, -0.25) is 4.79 Å². The normalized spacial score (nSPS) is 28.5. The van der Waals surface area contributed by atoms with Crippen LogP contribution >= 0.6 is 0 Å². The van der Waals surface area contributed by atoms with E-state index in [4.69, 9.17) is 15.6 Å². The molecule has 0 aromatic carbocycles. The summed E-state index contributed by atoms with van der Waals surface area (Å²) in [4.78, 5) is 26.0. The van der Waals surface area contributed by atoms with Crippen LogP contribution in [-0.2, 0) is 9.53 Å². The zero-order valence-electron chi connectivity index (χ0n) is 10.8. The van der Waals surface area contributed by atoms with E-state index in [1.807, 2.05) is 0 Å². The number of nitrogens with one attached hydrogen (secondary N) is 1. The monoisotopic (exact) mass is 301 g/mol. The van der Waals surface area contributed by atoms with Crippen LogP contribution in [0.3, 0.4) is 0 Å². The number of primary amides is 1. The molecule has 116 valence electrons. The van der Waals surface area contributed by atoms with E-state index in [0.29, 0.717) is 0 Å². The summed E-state index contributed by atoms with van der Waals surface area (Å²) < 4.78 is 5.89. The molecule has 1 aliphatic rings. The first-order valence-electron chi connectivity index (χ1n) is 6.04. The summed E-state index contributed by atoms with van der Waals surface area (Å²) in [6.45, 7) is -0.735. The topological polar surface area (TPSA) is 173 Å². The molecule has 1 aromatic heterocycles. The number of hydrogen-bond acceptors (Lipinski definition) is 9. The standard InChI is InChI=1S/C10H15N5O6/c11-5(17)1-12-6-2-13-15(10(20)14-6)9-8(19)7(18)4(3-16)21-9/h2,4,7-9,16,18-19H,1,3H2,(H2,11,17)(H,12,14,20)/t4-,7+,8-,9+/m0/s1. The van der Waals surface area contributed by atoms with Crippen molar-refractivity contribution in [1.82, 2.24) is 14.8 Å². The summed E-state index contributed by atoms with van der Waals surface area (Å²) >= 11 is 0. The van der Waals surface area contributed by atoms with Gasteiger partial charge in [0.05, 0.1) is 19.3 Å². The molecular formula is C10H15N5O6. The Labute approximate surface area is 118 Å². The summed E-state index contributed by atoms with van der Waals surface area (Å²) in [5.41, 5.74) is 4.07. The maximum atomic E-state index is 11.8. The number of carbonyl (C=O) groups is 1. The third kappa shape index (κ3) is 3.16. The van der Waals surface area contributed by atoms with E-state index in [2.05, 4.69) is 15.4 Å². The number of aliphatic hydroxyl groups excluding tert-OH is 3. The van der Waals surface area contributed by atoms with Crippen LogP contribution in [0.15, 0.2) is 11.0 Å². The first kappa shape index (κ1) is 15.3. The fourth-order valence-corrected chi connectivity index (χ4v) is 1.87. The fourth-order valence-electron chi connectivity index (χ4n) is 1.87. The quantitative estimate of drug-likeness (QED) is 0.365. The molecule has 0 radical (unpaired) electrons. The summed E-state index contributed by atoms with van der Waals surface area (Å²) in [6.07, 6.45) is -3.92. The molecule has 1 fully saturated rings. The highest BCUT2D eigenvalue weighted by atomic mass is 16.6. The molecule has 11 heteroatoms. The molecule has 1 amide bonds. The van der Waals surface area contributed by atoms with Crippen LogP contribution in [0.5, 0.6) is 0 Å². The number of aliphatic hydroxyl groups is 3. The van der Waals surface area contributed by atoms with Crippen molar-refractivity contribution in [3.63, 3.8) is 0 Å². The van der Waals surface area contributed by atoms with E-state index in [-0.39, 0.29) is 12.4 Å². The average Bonchev–Trinajstić information content (AvgIpc) is 2.73. The van der Waals surface area contributed by atoms with Crippen molar-refractivity contribution in [3.05, 3.63) is 16.7 Å². The molecule has 1 aromatic rings. The minimum atomic E-state index is -1.43. The lowest BCUT2D eigenvalue weighted by molar-refractivity contribution is -0.116. The fraction of sp³-hybridized carbons (Fsp3) is 0.600. The van der Waals surface area contributed by atoms with E-state index in [1.54, 1.807) is 0 Å². The van der Waals surface area contributed by atoms with E-state index in [9.17, 15) is 19.8 Å². The Morgan fingerprint density at radius 1 is 1.48 bits per heavy atom. The number of nitrogens with zero attached hydrogens (tertiary/aromatic N) is 3. The van der Waals surface area contributed by atoms with Crippen molar-refractivity contribution < 1.29 is 24.9 Å². The molecule has 2 heterocycles. The van der Waals surface area contributed by atoms with Crippen LogP contribution < -0.4 is 16.7 Å². The van der Waals surface area contributed by atoms with Crippen molar-refractivity contribution in [3.8, 4) is 0 Å². The third-order valence-corrected chi connectivity index (χ3v) is 2.92. The van der Waals surface area contributed by atoms with Crippen LogP contribution in [0.1, 0.15) is 6.23 Å². The number of nitrogens with two attached hydrogens (primary N) is 1. The number of rotatable bonds is 5. The highest BCUT2D eigenvalue weighted by molar-refractivity contribution is 5.78. The first-order valence-corrected chi connectivity index (χ1v) is 6.04. The number of anilines is 1. The highest BCUT2D eigenvalue weighted by Crippen LogP contribution is 2.27. The molecule has 0 spiro atoms. The van der Waals surface area contributed by atoms with Gasteiger partial charge in [-0.15, -0.1) is 0 Å². The second kappa shape index (κ2) is 6.13. The lowest BCUT2D eigenvalue weighted by Gasteiger charge is -2.15. The molecule has 1 saturated heterocycles. The van der Waals surface area contributed by atoms with E-state index < -0.39 is 42.7 Å². The van der Waals surface area contributed by atoms with Crippen LogP contribution in [0, 0.1) is 0 Å². The van der Waals surface area contributed by atoms with Gasteiger partial charge < -0.3 is 31.1 Å². The smallest absolute Gasteiger partial charge is 0.368 e. The Balaban J connectivity index is 2.18. The lowest BCUT2D eigenvalue weighted by atomic mass is 10.1. The molecule has 21 heavy (non-hydrogen) atoms. The average molecular weight is 301 g/mol. The number of amides is 1. The largest absolute Gasteiger partial charge is 0.394 e. The molecule has 11 nitrogen and oxygen atoms in total. The van der Waals surface area contributed by atoms with Gasteiger partial charge in [-0.2, -0.15) is 14.8 Å². The molecule has 0 aliphatic carbocycles. The SMILES string of the molecule is NC(=O)CNc1cnn([C@@H]2O[C@@H](CO)[C@@H](O)[C@@H]2O)c(=O)n1. The van der Waals surface area contributed by atoms with Gasteiger partial charge >= 0.3 is 5.69 Å². The number of hydrogen-bond donors (Lipinski definition) is 5. The van der Waals surface area contributed by atoms with E-state index in [1.165, 1.54) is 0 Å². The molecule has 0 bridgehead atoms. The van der Waals surface area contributed by atoms with Crippen molar-refractivity contribution in [2.24, 2.45) is 5.73 Å². The summed E-state index contributed by atoms with van der Waals surface area (Å²) in [5, 5.41) is 34.6. The van der Waals surface area contributed by atoms with E-state index >= 15 is 0 Å². The van der Waals surface area contributed by atoms with Gasteiger partial charge in [-0.05, 0) is 0 Å². The van der Waals surface area contributed by atoms with Crippen LogP contribution in [0.4, 0.5) is 5.82 Å². The first-order chi connectivity index (χ1) is 9.93. The molecule has 0 unspecified atom stereocenters. The molecule has 0 saturated carbocycles.